The number of nitrogens with one attached hydrogen (secondary N) is 1. The van der Waals surface area contributed by atoms with Crippen molar-refractivity contribution in [1.82, 2.24) is 5.32 Å². The maximum atomic E-state index is 5.95. The molecule has 122 valence electrons. The number of hydrogen-bond donors (Lipinski definition) is 1. The van der Waals surface area contributed by atoms with Crippen LogP contribution in [-0.2, 0) is 17.9 Å². The van der Waals surface area contributed by atoms with Gasteiger partial charge in [0.2, 0.25) is 0 Å². The van der Waals surface area contributed by atoms with E-state index in [9.17, 15) is 0 Å². The average molecular weight is 295 g/mol. The Balaban J connectivity index is 2.23. The van der Waals surface area contributed by atoms with Crippen LogP contribution in [0.15, 0.2) is 16.7 Å². The largest absolute Gasteiger partial charge is 0.468 e. The summed E-state index contributed by atoms with van der Waals surface area (Å²) in [5.74, 6) is 1.66. The lowest BCUT2D eigenvalue weighted by atomic mass is 10.1. The molecule has 1 aromatic rings. The number of hydrogen-bond acceptors (Lipinski definition) is 3. The van der Waals surface area contributed by atoms with Gasteiger partial charge in [0.1, 0.15) is 5.76 Å². The Morgan fingerprint density at radius 3 is 2.71 bits per heavy atom. The highest BCUT2D eigenvalue weighted by Gasteiger charge is 2.09. The van der Waals surface area contributed by atoms with Crippen LogP contribution < -0.4 is 5.32 Å². The normalized spacial score (nSPS) is 13.0. The van der Waals surface area contributed by atoms with Gasteiger partial charge in [-0.1, -0.05) is 46.5 Å². The van der Waals surface area contributed by atoms with Crippen LogP contribution in [0.1, 0.15) is 71.1 Å². The van der Waals surface area contributed by atoms with Crippen LogP contribution in [0.4, 0.5) is 0 Å². The van der Waals surface area contributed by atoms with Gasteiger partial charge >= 0.3 is 0 Å². The summed E-state index contributed by atoms with van der Waals surface area (Å²) in [7, 11) is 0. The van der Waals surface area contributed by atoms with Crippen LogP contribution in [0.25, 0.3) is 0 Å². The second kappa shape index (κ2) is 10.9. The van der Waals surface area contributed by atoms with E-state index in [0.29, 0.717) is 18.6 Å². The first-order valence-corrected chi connectivity index (χ1v) is 8.51. The highest BCUT2D eigenvalue weighted by Crippen LogP contribution is 2.15. The second-order valence-electron chi connectivity index (χ2n) is 6.36. The van der Waals surface area contributed by atoms with E-state index in [1.807, 2.05) is 6.07 Å². The molecule has 21 heavy (non-hydrogen) atoms. The number of ether oxygens (including phenoxy) is 1. The zero-order valence-electron chi connectivity index (χ0n) is 14.3. The van der Waals surface area contributed by atoms with Crippen molar-refractivity contribution >= 4 is 0 Å². The van der Waals surface area contributed by atoms with Gasteiger partial charge in [-0.2, -0.15) is 0 Å². The molecular weight excluding hydrogens is 262 g/mol. The number of unbranched alkanes of at least 4 members (excludes halogenated alkanes) is 3. The minimum Gasteiger partial charge on any atom is -0.468 e. The van der Waals surface area contributed by atoms with E-state index in [0.717, 1.165) is 25.3 Å². The van der Waals surface area contributed by atoms with E-state index in [4.69, 9.17) is 9.15 Å². The summed E-state index contributed by atoms with van der Waals surface area (Å²) in [6.07, 6.45) is 8.45. The van der Waals surface area contributed by atoms with Crippen molar-refractivity contribution in [3.05, 3.63) is 23.7 Å². The van der Waals surface area contributed by atoms with Crippen molar-refractivity contribution in [2.24, 2.45) is 5.92 Å². The monoisotopic (exact) mass is 295 g/mol. The molecule has 0 aliphatic heterocycles. The molecule has 0 radical (unpaired) electrons. The molecule has 0 aliphatic carbocycles. The van der Waals surface area contributed by atoms with Gasteiger partial charge in [0.25, 0.3) is 0 Å². The molecule has 0 bridgehead atoms. The summed E-state index contributed by atoms with van der Waals surface area (Å²) in [6.45, 7) is 11.3. The third-order valence-electron chi connectivity index (χ3n) is 3.66. The van der Waals surface area contributed by atoms with Crippen LogP contribution >= 0.6 is 0 Å². The zero-order valence-corrected chi connectivity index (χ0v) is 14.3. The molecule has 0 aliphatic rings. The van der Waals surface area contributed by atoms with Crippen LogP contribution in [0.5, 0.6) is 0 Å². The topological polar surface area (TPSA) is 34.4 Å². The first-order chi connectivity index (χ1) is 10.1. The van der Waals surface area contributed by atoms with Gasteiger partial charge in [-0.25, -0.2) is 0 Å². The molecule has 1 unspecified atom stereocenters. The third kappa shape index (κ3) is 8.27. The van der Waals surface area contributed by atoms with Gasteiger partial charge < -0.3 is 14.5 Å². The maximum absolute atomic E-state index is 5.95. The van der Waals surface area contributed by atoms with Crippen LogP contribution in [0.2, 0.25) is 0 Å². The summed E-state index contributed by atoms with van der Waals surface area (Å²) < 4.78 is 11.5. The molecular formula is C18H33NO2. The molecule has 1 N–H and O–H groups in total. The van der Waals surface area contributed by atoms with Gasteiger partial charge in [-0.15, -0.1) is 0 Å². The van der Waals surface area contributed by atoms with E-state index < -0.39 is 0 Å². The second-order valence-corrected chi connectivity index (χ2v) is 6.36. The van der Waals surface area contributed by atoms with Crippen LogP contribution in [-0.4, -0.2) is 12.6 Å². The van der Waals surface area contributed by atoms with Crippen molar-refractivity contribution in [3.63, 3.8) is 0 Å². The first kappa shape index (κ1) is 18.2. The fraction of sp³-hybridized carbons (Fsp3) is 0.778. The minimum absolute atomic E-state index is 0.327. The summed E-state index contributed by atoms with van der Waals surface area (Å²) in [5.41, 5.74) is 1.17. The van der Waals surface area contributed by atoms with Crippen molar-refractivity contribution in [3.8, 4) is 0 Å². The molecule has 3 heteroatoms. The SMILES string of the molecule is CCCCCCC(C)OCc1ccoc1CNCC(C)C. The summed E-state index contributed by atoms with van der Waals surface area (Å²) in [4.78, 5) is 0. The molecule has 1 aromatic heterocycles. The number of furan rings is 1. The van der Waals surface area contributed by atoms with Gasteiger partial charge in [0, 0.05) is 5.56 Å². The first-order valence-electron chi connectivity index (χ1n) is 8.51. The Kier molecular flexibility index (Phi) is 9.44. The molecule has 0 spiro atoms. The van der Waals surface area contributed by atoms with Crippen LogP contribution in [0, 0.1) is 5.92 Å². The highest BCUT2D eigenvalue weighted by atomic mass is 16.5. The Morgan fingerprint density at radius 1 is 1.19 bits per heavy atom. The van der Waals surface area contributed by atoms with E-state index in [1.165, 1.54) is 31.2 Å². The molecule has 0 saturated carbocycles. The maximum Gasteiger partial charge on any atom is 0.123 e. The van der Waals surface area contributed by atoms with Crippen molar-refractivity contribution < 1.29 is 9.15 Å². The molecule has 1 rings (SSSR count). The van der Waals surface area contributed by atoms with Gasteiger partial charge in [-0.3, -0.25) is 0 Å². The van der Waals surface area contributed by atoms with Gasteiger partial charge in [-0.05, 0) is 31.9 Å². The fourth-order valence-electron chi connectivity index (χ4n) is 2.30. The third-order valence-corrected chi connectivity index (χ3v) is 3.66. The Bertz CT molecular complexity index is 360. The molecule has 0 aromatic carbocycles. The molecule has 0 fully saturated rings. The minimum atomic E-state index is 0.327. The molecule has 3 nitrogen and oxygen atoms in total. The van der Waals surface area contributed by atoms with E-state index in [1.54, 1.807) is 6.26 Å². The van der Waals surface area contributed by atoms with Gasteiger partial charge in [0.15, 0.2) is 0 Å². The predicted octanol–water partition coefficient (Wildman–Crippen LogP) is 4.90. The molecule has 0 saturated heterocycles. The molecule has 1 atom stereocenters. The fourth-order valence-corrected chi connectivity index (χ4v) is 2.30. The Labute approximate surface area is 130 Å². The van der Waals surface area contributed by atoms with Crippen molar-refractivity contribution in [1.29, 1.82) is 0 Å². The summed E-state index contributed by atoms with van der Waals surface area (Å²) in [6, 6.07) is 2.02. The highest BCUT2D eigenvalue weighted by molar-refractivity contribution is 5.15. The van der Waals surface area contributed by atoms with E-state index in [2.05, 4.69) is 33.0 Å². The van der Waals surface area contributed by atoms with Crippen molar-refractivity contribution in [2.75, 3.05) is 6.54 Å². The summed E-state index contributed by atoms with van der Waals surface area (Å²) >= 11 is 0. The lowest BCUT2D eigenvalue weighted by Crippen LogP contribution is -2.19. The van der Waals surface area contributed by atoms with E-state index in [-0.39, 0.29) is 0 Å². The summed E-state index contributed by atoms with van der Waals surface area (Å²) in [5, 5.41) is 3.41. The Morgan fingerprint density at radius 2 is 2.00 bits per heavy atom. The zero-order chi connectivity index (χ0) is 15.5. The number of rotatable bonds is 12. The lowest BCUT2D eigenvalue weighted by Gasteiger charge is -2.13. The van der Waals surface area contributed by atoms with Gasteiger partial charge in [0.05, 0.1) is 25.5 Å². The standard InChI is InChI=1S/C18H33NO2/c1-5-6-7-8-9-16(4)21-14-17-10-11-20-18(17)13-19-12-15(2)3/h10-11,15-16,19H,5-9,12-14H2,1-4H3. The predicted molar refractivity (Wildman–Crippen MR) is 88.3 cm³/mol. The molecule has 1 heterocycles. The van der Waals surface area contributed by atoms with Crippen LogP contribution in [0.3, 0.4) is 0 Å². The smallest absolute Gasteiger partial charge is 0.123 e. The lowest BCUT2D eigenvalue weighted by molar-refractivity contribution is 0.0450. The van der Waals surface area contributed by atoms with E-state index >= 15 is 0 Å². The quantitative estimate of drug-likeness (QED) is 0.557. The average Bonchev–Trinajstić information content (AvgIpc) is 2.88. The van der Waals surface area contributed by atoms with Crippen molar-refractivity contribution in [2.45, 2.75) is 79.1 Å². The molecule has 0 amide bonds. The Hall–Kier alpha value is -0.800.